The topological polar surface area (TPSA) is 141 Å². The lowest BCUT2D eigenvalue weighted by atomic mass is 9.92. The molecule has 0 aliphatic carbocycles. The number of carbonyl (C=O) groups excluding carboxylic acids is 2. The number of benzene rings is 2. The molecular weight excluding hydrogens is 424 g/mol. The first-order chi connectivity index (χ1) is 15.9. The second kappa shape index (κ2) is 7.72. The molecule has 3 heterocycles. The Hall–Kier alpha value is -4.24. The van der Waals surface area contributed by atoms with Crippen LogP contribution in [0, 0.1) is 17.0 Å². The van der Waals surface area contributed by atoms with Crippen LogP contribution in [0.15, 0.2) is 42.5 Å². The van der Waals surface area contributed by atoms with Crippen LogP contribution in [-0.2, 0) is 16.0 Å². The molecule has 0 bridgehead atoms. The minimum atomic E-state index is -0.558. The van der Waals surface area contributed by atoms with Crippen molar-refractivity contribution in [1.82, 2.24) is 15.3 Å². The number of hydrogen-bond donors (Lipinski definition) is 4. The monoisotopic (exact) mass is 444 g/mol. The lowest BCUT2D eigenvalue weighted by Crippen LogP contribution is -2.23. The third kappa shape index (κ3) is 3.21. The Kier molecular flexibility index (Phi) is 4.83. The molecule has 1 aliphatic rings. The highest BCUT2D eigenvalue weighted by Gasteiger charge is 2.37. The normalized spacial score (nSPS) is 14.0. The number of aryl methyl sites for hydroxylation is 2. The van der Waals surface area contributed by atoms with Crippen LogP contribution < -0.4 is 5.32 Å². The Morgan fingerprint density at radius 1 is 0.939 bits per heavy atom. The number of non-ortho nitro benzene ring substituents is 1. The predicted octanol–water partition coefficient (Wildman–Crippen LogP) is 3.36. The summed E-state index contributed by atoms with van der Waals surface area (Å²) in [6, 6.07) is 11.9. The maximum Gasteiger partial charge on any atom is 0.270 e. The van der Waals surface area contributed by atoms with Crippen LogP contribution in [0.2, 0.25) is 0 Å². The van der Waals surface area contributed by atoms with Gasteiger partial charge in [-0.15, -0.1) is 0 Å². The molecule has 2 amide bonds. The Morgan fingerprint density at radius 3 is 2.36 bits per heavy atom. The fourth-order valence-electron chi connectivity index (χ4n) is 4.61. The average molecular weight is 444 g/mol. The summed E-state index contributed by atoms with van der Waals surface area (Å²) < 4.78 is 0. The second-order valence-electron chi connectivity index (χ2n) is 8.00. The number of fused-ring (bicyclic) bond motifs is 2. The Labute approximate surface area is 187 Å². The lowest BCUT2D eigenvalue weighted by molar-refractivity contribution is -0.384. The molecular formula is C24H20N4O5. The number of para-hydroxylation sites is 1. The number of nitro benzene ring substituents is 1. The van der Waals surface area contributed by atoms with Crippen LogP contribution in [-0.4, -0.2) is 38.4 Å². The number of hydrogen-bond acceptors (Lipinski definition) is 5. The molecule has 0 unspecified atom stereocenters. The van der Waals surface area contributed by atoms with Crippen LogP contribution in [0.1, 0.15) is 28.9 Å². The van der Waals surface area contributed by atoms with E-state index < -0.39 is 16.7 Å². The Bertz CT molecular complexity index is 1510. The maximum atomic E-state index is 13.1. The molecule has 33 heavy (non-hydrogen) atoms. The van der Waals surface area contributed by atoms with Crippen LogP contribution in [0.3, 0.4) is 0 Å². The number of aliphatic hydroxyl groups excluding tert-OH is 1. The van der Waals surface area contributed by atoms with Crippen LogP contribution in [0.25, 0.3) is 33.0 Å². The van der Waals surface area contributed by atoms with Gasteiger partial charge in [0.2, 0.25) is 0 Å². The number of imide groups is 1. The predicted molar refractivity (Wildman–Crippen MR) is 123 cm³/mol. The summed E-state index contributed by atoms with van der Waals surface area (Å²) in [6.07, 6.45) is 0.825. The van der Waals surface area contributed by atoms with Gasteiger partial charge in [0.15, 0.2) is 0 Å². The van der Waals surface area contributed by atoms with Crippen LogP contribution in [0.4, 0.5) is 5.69 Å². The molecule has 9 nitrogen and oxygen atoms in total. The standard InChI is InChI=1S/C24H20N4O5/c1-12-19(14-5-2-3-6-16(14)25-12)21-22(24(31)27-23(21)30)20-15-11-13(28(32)33)8-9-17(15)26-18(20)7-4-10-29/h2-3,5-6,8-9,11,25-26,29H,4,7,10H2,1H3,(H,27,30,31). The third-order valence-electron chi connectivity index (χ3n) is 5.98. The molecule has 2 aromatic carbocycles. The molecule has 1 aliphatic heterocycles. The van der Waals surface area contributed by atoms with E-state index in [1.165, 1.54) is 12.1 Å². The summed E-state index contributed by atoms with van der Waals surface area (Å²) in [5.41, 5.74) is 4.16. The largest absolute Gasteiger partial charge is 0.396 e. The summed E-state index contributed by atoms with van der Waals surface area (Å²) in [5, 5.41) is 24.5. The van der Waals surface area contributed by atoms with Crippen molar-refractivity contribution in [3.05, 3.63) is 75.1 Å². The van der Waals surface area contributed by atoms with Gasteiger partial charge in [-0.2, -0.15) is 0 Å². The van der Waals surface area contributed by atoms with Gasteiger partial charge in [0.1, 0.15) is 0 Å². The van der Waals surface area contributed by atoms with Crippen molar-refractivity contribution < 1.29 is 19.6 Å². The SMILES string of the molecule is Cc1[nH]c2ccccc2c1C1=C(c2c(CCCO)[nH]c3ccc([N+](=O)[O-])cc23)C(=O)NC1=O. The minimum absolute atomic E-state index is 0.0620. The number of nitrogens with zero attached hydrogens (tertiary/aromatic N) is 1. The van der Waals surface area contributed by atoms with Crippen molar-refractivity contribution in [1.29, 1.82) is 0 Å². The van der Waals surface area contributed by atoms with Crippen molar-refractivity contribution >= 4 is 50.5 Å². The molecule has 0 saturated carbocycles. The van der Waals surface area contributed by atoms with E-state index in [4.69, 9.17) is 0 Å². The number of H-pyrrole nitrogens is 2. The maximum absolute atomic E-state index is 13.1. The zero-order valence-electron chi connectivity index (χ0n) is 17.7. The van der Waals surface area contributed by atoms with Gasteiger partial charge >= 0.3 is 0 Å². The van der Waals surface area contributed by atoms with Gasteiger partial charge in [-0.05, 0) is 31.9 Å². The highest BCUT2D eigenvalue weighted by molar-refractivity contribution is 6.51. The molecule has 4 aromatic rings. The minimum Gasteiger partial charge on any atom is -0.396 e. The number of nitro groups is 1. The molecule has 0 spiro atoms. The average Bonchev–Trinajstić information content (AvgIpc) is 3.40. The van der Waals surface area contributed by atoms with Gasteiger partial charge in [-0.3, -0.25) is 25.0 Å². The number of amides is 2. The highest BCUT2D eigenvalue weighted by Crippen LogP contribution is 2.41. The van der Waals surface area contributed by atoms with E-state index in [9.17, 15) is 24.8 Å². The summed E-state index contributed by atoms with van der Waals surface area (Å²) in [5.74, 6) is -1.08. The van der Waals surface area contributed by atoms with Crippen molar-refractivity contribution in [2.24, 2.45) is 0 Å². The molecule has 0 saturated heterocycles. The Balaban J connectivity index is 1.87. The van der Waals surface area contributed by atoms with E-state index in [2.05, 4.69) is 15.3 Å². The van der Waals surface area contributed by atoms with Gasteiger partial charge in [-0.1, -0.05) is 18.2 Å². The number of aromatic nitrogens is 2. The quantitative estimate of drug-likeness (QED) is 0.205. The number of aromatic amines is 2. The number of carbonyl (C=O) groups is 2. The second-order valence-corrected chi connectivity index (χ2v) is 8.00. The highest BCUT2D eigenvalue weighted by atomic mass is 16.6. The fraction of sp³-hybridized carbons (Fsp3) is 0.167. The number of nitrogens with one attached hydrogen (secondary N) is 3. The lowest BCUT2D eigenvalue weighted by Gasteiger charge is -2.08. The van der Waals surface area contributed by atoms with Crippen LogP contribution in [0.5, 0.6) is 0 Å². The zero-order valence-corrected chi connectivity index (χ0v) is 17.7. The molecule has 0 atom stereocenters. The van der Waals surface area contributed by atoms with Crippen molar-refractivity contribution in [2.45, 2.75) is 19.8 Å². The molecule has 0 radical (unpaired) electrons. The molecule has 0 fully saturated rings. The van der Waals surface area contributed by atoms with E-state index in [1.807, 2.05) is 31.2 Å². The van der Waals surface area contributed by atoms with Crippen molar-refractivity contribution in [2.75, 3.05) is 6.61 Å². The van der Waals surface area contributed by atoms with Crippen molar-refractivity contribution in [3.8, 4) is 0 Å². The van der Waals surface area contributed by atoms with Gasteiger partial charge < -0.3 is 15.1 Å². The van der Waals surface area contributed by atoms with E-state index in [0.29, 0.717) is 40.6 Å². The summed E-state index contributed by atoms with van der Waals surface area (Å²) in [6.45, 7) is 1.77. The van der Waals surface area contributed by atoms with E-state index >= 15 is 0 Å². The van der Waals surface area contributed by atoms with Gasteiger partial charge in [-0.25, -0.2) is 0 Å². The van der Waals surface area contributed by atoms with Gasteiger partial charge in [0.25, 0.3) is 17.5 Å². The molecule has 9 heteroatoms. The summed E-state index contributed by atoms with van der Waals surface area (Å²) in [7, 11) is 0. The van der Waals surface area contributed by atoms with E-state index in [0.717, 1.165) is 16.6 Å². The molecule has 166 valence electrons. The third-order valence-corrected chi connectivity index (χ3v) is 5.98. The summed E-state index contributed by atoms with van der Waals surface area (Å²) >= 11 is 0. The van der Waals surface area contributed by atoms with Crippen LogP contribution >= 0.6 is 0 Å². The fourth-order valence-corrected chi connectivity index (χ4v) is 4.61. The van der Waals surface area contributed by atoms with Gasteiger partial charge in [0.05, 0.1) is 16.1 Å². The Morgan fingerprint density at radius 2 is 1.64 bits per heavy atom. The molecule has 4 N–H and O–H groups in total. The summed E-state index contributed by atoms with van der Waals surface area (Å²) in [4.78, 5) is 43.6. The molecule has 5 rings (SSSR count). The first-order valence-electron chi connectivity index (χ1n) is 10.5. The molecule has 2 aromatic heterocycles. The zero-order chi connectivity index (χ0) is 23.3. The van der Waals surface area contributed by atoms with Gasteiger partial charge in [0, 0.05) is 63.1 Å². The van der Waals surface area contributed by atoms with Crippen molar-refractivity contribution in [3.63, 3.8) is 0 Å². The van der Waals surface area contributed by atoms with E-state index in [-0.39, 0.29) is 23.4 Å². The van der Waals surface area contributed by atoms with E-state index in [1.54, 1.807) is 6.07 Å². The number of aliphatic hydroxyl groups is 1. The first kappa shape index (κ1) is 20.7. The first-order valence-corrected chi connectivity index (χ1v) is 10.5. The number of rotatable bonds is 6. The smallest absolute Gasteiger partial charge is 0.270 e.